The summed E-state index contributed by atoms with van der Waals surface area (Å²) < 4.78 is 0. The maximum atomic E-state index is 5.65. The Bertz CT molecular complexity index is 524. The van der Waals surface area contributed by atoms with Gasteiger partial charge in [0, 0.05) is 18.0 Å². The van der Waals surface area contributed by atoms with Crippen LogP contribution in [0.1, 0.15) is 17.6 Å². The van der Waals surface area contributed by atoms with Crippen LogP contribution in [0.2, 0.25) is 0 Å². The van der Waals surface area contributed by atoms with E-state index in [0.717, 1.165) is 23.1 Å². The highest BCUT2D eigenvalue weighted by atomic mass is 32.1. The Morgan fingerprint density at radius 3 is 2.56 bits per heavy atom. The van der Waals surface area contributed by atoms with Crippen LogP contribution in [0.3, 0.4) is 0 Å². The van der Waals surface area contributed by atoms with Gasteiger partial charge in [0.1, 0.15) is 11.6 Å². The lowest BCUT2D eigenvalue weighted by molar-refractivity contribution is 1.03. The van der Waals surface area contributed by atoms with E-state index in [1.807, 2.05) is 25.3 Å². The number of nitrogens with one attached hydrogen (secondary N) is 2. The first-order valence-corrected chi connectivity index (χ1v) is 6.58. The lowest BCUT2D eigenvalue weighted by Crippen LogP contribution is -2.08. The van der Waals surface area contributed by atoms with Crippen LogP contribution in [-0.4, -0.2) is 21.5 Å². The third-order valence-electron chi connectivity index (χ3n) is 2.22. The van der Waals surface area contributed by atoms with Crippen molar-refractivity contribution in [3.05, 3.63) is 22.1 Å². The summed E-state index contributed by atoms with van der Waals surface area (Å²) in [5, 5.41) is 9.38. The molecular formula is C11H16N6S. The molecule has 0 aromatic carbocycles. The molecule has 2 aromatic rings. The first-order valence-electron chi connectivity index (χ1n) is 5.70. The number of nitrogen functional groups attached to an aromatic ring is 1. The van der Waals surface area contributed by atoms with Gasteiger partial charge in [0.25, 0.3) is 0 Å². The molecule has 0 saturated carbocycles. The summed E-state index contributed by atoms with van der Waals surface area (Å²) in [5.74, 6) is 1.68. The van der Waals surface area contributed by atoms with E-state index in [9.17, 15) is 0 Å². The number of anilines is 3. The molecule has 0 radical (unpaired) electrons. The molecule has 2 rings (SSSR count). The Balaban J connectivity index is 2.04. The summed E-state index contributed by atoms with van der Waals surface area (Å²) in [6.45, 7) is 5.41. The molecule has 0 atom stereocenters. The minimum Gasteiger partial charge on any atom is -0.370 e. The zero-order valence-corrected chi connectivity index (χ0v) is 11.2. The van der Waals surface area contributed by atoms with Gasteiger partial charge in [0.15, 0.2) is 0 Å². The van der Waals surface area contributed by atoms with Crippen molar-refractivity contribution in [2.45, 2.75) is 20.4 Å². The Labute approximate surface area is 110 Å². The van der Waals surface area contributed by atoms with Crippen LogP contribution in [0.15, 0.2) is 11.4 Å². The molecule has 0 aliphatic heterocycles. The lowest BCUT2D eigenvalue weighted by atomic mass is 10.4. The molecule has 6 nitrogen and oxygen atoms in total. The van der Waals surface area contributed by atoms with E-state index in [4.69, 9.17) is 5.73 Å². The van der Waals surface area contributed by atoms with Gasteiger partial charge in [-0.25, -0.2) is 4.98 Å². The topological polar surface area (TPSA) is 88.8 Å². The highest BCUT2D eigenvalue weighted by Crippen LogP contribution is 2.14. The van der Waals surface area contributed by atoms with Crippen molar-refractivity contribution in [1.29, 1.82) is 0 Å². The molecule has 0 aliphatic carbocycles. The van der Waals surface area contributed by atoms with Crippen molar-refractivity contribution in [2.24, 2.45) is 0 Å². The van der Waals surface area contributed by atoms with Crippen molar-refractivity contribution in [3.63, 3.8) is 0 Å². The third-order valence-corrected chi connectivity index (χ3v) is 3.04. The van der Waals surface area contributed by atoms with E-state index in [-0.39, 0.29) is 5.95 Å². The van der Waals surface area contributed by atoms with Crippen LogP contribution in [0.5, 0.6) is 0 Å². The molecule has 0 aliphatic rings. The number of rotatable bonds is 5. The van der Waals surface area contributed by atoms with Gasteiger partial charge in [-0.1, -0.05) is 0 Å². The summed E-state index contributed by atoms with van der Waals surface area (Å²) in [6.07, 6.45) is 0. The van der Waals surface area contributed by atoms with Crippen LogP contribution < -0.4 is 16.4 Å². The van der Waals surface area contributed by atoms with E-state index >= 15 is 0 Å². The SMILES string of the molecule is CCNc1cc(NCc2csc(C)n2)nc(N)n1. The molecule has 0 amide bonds. The first-order chi connectivity index (χ1) is 8.67. The van der Waals surface area contributed by atoms with Gasteiger partial charge in [-0.2, -0.15) is 9.97 Å². The van der Waals surface area contributed by atoms with E-state index in [1.165, 1.54) is 0 Å². The minimum absolute atomic E-state index is 0.255. The summed E-state index contributed by atoms with van der Waals surface area (Å²) in [4.78, 5) is 12.6. The Morgan fingerprint density at radius 1 is 1.22 bits per heavy atom. The van der Waals surface area contributed by atoms with Crippen LogP contribution in [0.4, 0.5) is 17.6 Å². The largest absolute Gasteiger partial charge is 0.370 e. The van der Waals surface area contributed by atoms with Gasteiger partial charge in [-0.15, -0.1) is 11.3 Å². The molecule has 0 bridgehead atoms. The van der Waals surface area contributed by atoms with E-state index in [2.05, 4.69) is 25.6 Å². The molecule has 18 heavy (non-hydrogen) atoms. The molecule has 96 valence electrons. The summed E-state index contributed by atoms with van der Waals surface area (Å²) in [7, 11) is 0. The Morgan fingerprint density at radius 2 is 1.94 bits per heavy atom. The van der Waals surface area contributed by atoms with Crippen molar-refractivity contribution >= 4 is 28.9 Å². The van der Waals surface area contributed by atoms with Crippen LogP contribution >= 0.6 is 11.3 Å². The predicted octanol–water partition coefficient (Wildman–Crippen LogP) is 1.87. The van der Waals surface area contributed by atoms with Crippen molar-refractivity contribution in [1.82, 2.24) is 15.0 Å². The monoisotopic (exact) mass is 264 g/mol. The number of nitrogens with two attached hydrogens (primary N) is 1. The number of hydrogen-bond acceptors (Lipinski definition) is 7. The van der Waals surface area contributed by atoms with Crippen molar-refractivity contribution in [2.75, 3.05) is 22.9 Å². The number of aryl methyl sites for hydroxylation is 1. The molecule has 0 unspecified atom stereocenters. The zero-order chi connectivity index (χ0) is 13.0. The number of hydrogen-bond donors (Lipinski definition) is 3. The first kappa shape index (κ1) is 12.6. The van der Waals surface area contributed by atoms with E-state index < -0.39 is 0 Å². The molecule has 4 N–H and O–H groups in total. The summed E-state index contributed by atoms with van der Waals surface area (Å²) in [6, 6.07) is 1.83. The standard InChI is InChI=1S/C11H16N6S/c1-3-13-9-4-10(17-11(12)16-9)14-5-8-6-18-7(2)15-8/h4,6H,3,5H2,1-2H3,(H4,12,13,14,16,17). The second-order valence-electron chi connectivity index (χ2n) is 3.74. The molecule has 2 heterocycles. The van der Waals surface area contributed by atoms with Crippen LogP contribution in [-0.2, 0) is 6.54 Å². The van der Waals surface area contributed by atoms with Gasteiger partial charge in [-0.3, -0.25) is 0 Å². The Kier molecular flexibility index (Phi) is 3.93. The summed E-state index contributed by atoms with van der Waals surface area (Å²) >= 11 is 1.63. The van der Waals surface area contributed by atoms with E-state index in [1.54, 1.807) is 11.3 Å². The number of nitrogens with zero attached hydrogens (tertiary/aromatic N) is 3. The Hall–Kier alpha value is -1.89. The van der Waals surface area contributed by atoms with Crippen LogP contribution in [0.25, 0.3) is 0 Å². The number of aromatic nitrogens is 3. The maximum Gasteiger partial charge on any atom is 0.223 e. The average molecular weight is 264 g/mol. The second-order valence-corrected chi connectivity index (χ2v) is 4.80. The predicted molar refractivity (Wildman–Crippen MR) is 74.8 cm³/mol. The maximum absolute atomic E-state index is 5.65. The van der Waals surface area contributed by atoms with Gasteiger partial charge in [0.2, 0.25) is 5.95 Å². The van der Waals surface area contributed by atoms with E-state index in [0.29, 0.717) is 12.4 Å². The molecule has 7 heteroatoms. The third kappa shape index (κ3) is 3.30. The van der Waals surface area contributed by atoms with Crippen LogP contribution in [0, 0.1) is 6.92 Å². The number of thiazole rings is 1. The highest BCUT2D eigenvalue weighted by molar-refractivity contribution is 7.09. The molecule has 2 aromatic heterocycles. The fourth-order valence-corrected chi connectivity index (χ4v) is 2.11. The molecular weight excluding hydrogens is 248 g/mol. The van der Waals surface area contributed by atoms with Crippen molar-refractivity contribution in [3.8, 4) is 0 Å². The molecule has 0 spiro atoms. The van der Waals surface area contributed by atoms with Crippen molar-refractivity contribution < 1.29 is 0 Å². The van der Waals surface area contributed by atoms with Gasteiger partial charge in [0.05, 0.1) is 17.2 Å². The van der Waals surface area contributed by atoms with Gasteiger partial charge >= 0.3 is 0 Å². The lowest BCUT2D eigenvalue weighted by Gasteiger charge is -2.07. The average Bonchev–Trinajstić information content (AvgIpc) is 2.72. The fourth-order valence-electron chi connectivity index (χ4n) is 1.50. The summed E-state index contributed by atoms with van der Waals surface area (Å²) in [5.41, 5.74) is 6.65. The molecule has 0 saturated heterocycles. The smallest absolute Gasteiger partial charge is 0.223 e. The fraction of sp³-hybridized carbons (Fsp3) is 0.364. The molecule has 0 fully saturated rings. The quantitative estimate of drug-likeness (QED) is 0.764. The van der Waals surface area contributed by atoms with Gasteiger partial charge in [-0.05, 0) is 13.8 Å². The minimum atomic E-state index is 0.255. The van der Waals surface area contributed by atoms with Gasteiger partial charge < -0.3 is 16.4 Å². The zero-order valence-electron chi connectivity index (χ0n) is 10.4. The second kappa shape index (κ2) is 5.63. The highest BCUT2D eigenvalue weighted by Gasteiger charge is 2.03. The normalized spacial score (nSPS) is 10.3.